The Kier molecular flexibility index (Phi) is 4.45. The van der Waals surface area contributed by atoms with Crippen LogP contribution in [0.2, 0.25) is 0 Å². The summed E-state index contributed by atoms with van der Waals surface area (Å²) < 4.78 is 4.95. The summed E-state index contributed by atoms with van der Waals surface area (Å²) in [6.45, 7) is 1.07. The van der Waals surface area contributed by atoms with Crippen LogP contribution in [-0.4, -0.2) is 41.7 Å². The zero-order chi connectivity index (χ0) is 19.1. The summed E-state index contributed by atoms with van der Waals surface area (Å²) in [4.78, 5) is 50.1. The summed E-state index contributed by atoms with van der Waals surface area (Å²) in [5.41, 5.74) is 1.67. The number of nitrogens with zero attached hydrogens (tertiary/aromatic N) is 1. The van der Waals surface area contributed by atoms with Gasteiger partial charge in [0.1, 0.15) is 6.54 Å². The van der Waals surface area contributed by atoms with E-state index in [1.165, 1.54) is 0 Å². The molecule has 0 aromatic heterocycles. The van der Waals surface area contributed by atoms with E-state index in [-0.39, 0.29) is 35.5 Å². The van der Waals surface area contributed by atoms with E-state index >= 15 is 0 Å². The van der Waals surface area contributed by atoms with Crippen LogP contribution >= 0.6 is 0 Å². The third-order valence-electron chi connectivity index (χ3n) is 6.01. The first-order chi connectivity index (χ1) is 12.9. The Bertz CT molecular complexity index is 775. The zero-order valence-corrected chi connectivity index (χ0v) is 15.1. The number of rotatable bonds is 5. The Morgan fingerprint density at radius 3 is 2.26 bits per heavy atom. The number of nitrogens with one attached hydrogen (secondary N) is 1. The van der Waals surface area contributed by atoms with Crippen LogP contribution < -0.4 is 5.32 Å². The normalized spacial score (nSPS) is 28.4. The van der Waals surface area contributed by atoms with Gasteiger partial charge >= 0.3 is 5.97 Å². The number of imide groups is 1. The number of carbonyl (C=O) groups is 4. The highest BCUT2D eigenvalue weighted by Gasteiger charge is 2.61. The number of benzene rings is 1. The molecule has 2 bridgehead atoms. The minimum Gasteiger partial charge on any atom is -0.454 e. The van der Waals surface area contributed by atoms with Crippen LogP contribution in [0.15, 0.2) is 24.3 Å². The minimum atomic E-state index is -0.747. The lowest BCUT2D eigenvalue weighted by Crippen LogP contribution is -2.38. The average Bonchev–Trinajstić information content (AvgIpc) is 3.32. The maximum atomic E-state index is 12.5. The predicted octanol–water partition coefficient (Wildman–Crippen LogP) is 1.51. The molecule has 1 saturated heterocycles. The van der Waals surface area contributed by atoms with Crippen molar-refractivity contribution in [2.75, 3.05) is 18.5 Å². The van der Waals surface area contributed by atoms with Crippen LogP contribution in [0.25, 0.3) is 0 Å². The van der Waals surface area contributed by atoms with Crippen LogP contribution in [0, 0.1) is 30.6 Å². The molecule has 4 atom stereocenters. The van der Waals surface area contributed by atoms with Gasteiger partial charge in [-0.25, -0.2) is 0 Å². The lowest BCUT2D eigenvalue weighted by molar-refractivity contribution is -0.154. The predicted molar refractivity (Wildman–Crippen MR) is 95.3 cm³/mol. The van der Waals surface area contributed by atoms with Crippen molar-refractivity contribution in [3.05, 3.63) is 29.8 Å². The quantitative estimate of drug-likeness (QED) is 0.626. The van der Waals surface area contributed by atoms with Crippen LogP contribution in [0.1, 0.15) is 24.8 Å². The second-order valence-electron chi connectivity index (χ2n) is 7.72. The molecule has 0 spiro atoms. The molecule has 2 saturated carbocycles. The van der Waals surface area contributed by atoms with Crippen molar-refractivity contribution >= 4 is 29.4 Å². The van der Waals surface area contributed by atoms with Crippen molar-refractivity contribution in [2.45, 2.75) is 26.2 Å². The Balaban J connectivity index is 1.28. The summed E-state index contributed by atoms with van der Waals surface area (Å²) in [5.74, 6) is -1.68. The number of hydrogen-bond acceptors (Lipinski definition) is 5. The van der Waals surface area contributed by atoms with E-state index in [1.54, 1.807) is 12.1 Å². The molecule has 0 unspecified atom stereocenters. The first-order valence-corrected chi connectivity index (χ1v) is 9.31. The molecule has 7 heteroatoms. The van der Waals surface area contributed by atoms with Gasteiger partial charge in [-0.15, -0.1) is 0 Å². The van der Waals surface area contributed by atoms with Gasteiger partial charge < -0.3 is 10.1 Å². The SMILES string of the molecule is Cc1ccc(NC(=O)COC(=O)CN2C(=O)[C@@H]3[C@H]4CC[C@@H](C4)[C@H]3C2=O)cc1. The summed E-state index contributed by atoms with van der Waals surface area (Å²) >= 11 is 0. The maximum Gasteiger partial charge on any atom is 0.326 e. The van der Waals surface area contributed by atoms with Gasteiger partial charge in [-0.3, -0.25) is 24.1 Å². The molecule has 4 rings (SSSR count). The lowest BCUT2D eigenvalue weighted by atomic mass is 9.81. The molecule has 7 nitrogen and oxygen atoms in total. The zero-order valence-electron chi connectivity index (χ0n) is 15.1. The van der Waals surface area contributed by atoms with E-state index < -0.39 is 25.0 Å². The van der Waals surface area contributed by atoms with E-state index in [2.05, 4.69) is 5.32 Å². The van der Waals surface area contributed by atoms with Gasteiger partial charge in [-0.2, -0.15) is 0 Å². The molecule has 3 amide bonds. The van der Waals surface area contributed by atoms with Crippen molar-refractivity contribution in [1.82, 2.24) is 4.90 Å². The van der Waals surface area contributed by atoms with Crippen molar-refractivity contribution < 1.29 is 23.9 Å². The fraction of sp³-hybridized carbons (Fsp3) is 0.500. The van der Waals surface area contributed by atoms with Crippen molar-refractivity contribution in [2.24, 2.45) is 23.7 Å². The number of fused-ring (bicyclic) bond motifs is 5. The first-order valence-electron chi connectivity index (χ1n) is 9.31. The van der Waals surface area contributed by atoms with Gasteiger partial charge in [0.25, 0.3) is 5.91 Å². The van der Waals surface area contributed by atoms with E-state index in [0.29, 0.717) is 5.69 Å². The third kappa shape index (κ3) is 3.22. The van der Waals surface area contributed by atoms with Crippen molar-refractivity contribution in [1.29, 1.82) is 0 Å². The number of esters is 1. The second-order valence-corrected chi connectivity index (χ2v) is 7.72. The molecular weight excluding hydrogens is 348 g/mol. The van der Waals surface area contributed by atoms with Crippen LogP contribution in [0.4, 0.5) is 5.69 Å². The lowest BCUT2D eigenvalue weighted by Gasteiger charge is -2.19. The van der Waals surface area contributed by atoms with Crippen molar-refractivity contribution in [3.63, 3.8) is 0 Å². The summed E-state index contributed by atoms with van der Waals surface area (Å²) in [7, 11) is 0. The van der Waals surface area contributed by atoms with Gasteiger partial charge in [0.15, 0.2) is 6.61 Å². The minimum absolute atomic E-state index is 0.252. The molecule has 27 heavy (non-hydrogen) atoms. The summed E-state index contributed by atoms with van der Waals surface area (Å²) in [6, 6.07) is 7.22. The topological polar surface area (TPSA) is 92.8 Å². The molecule has 0 radical (unpaired) electrons. The highest BCUT2D eigenvalue weighted by atomic mass is 16.5. The average molecular weight is 370 g/mol. The fourth-order valence-electron chi connectivity index (χ4n) is 4.78. The molecule has 1 aromatic carbocycles. The van der Waals surface area contributed by atoms with Gasteiger partial charge in [0.05, 0.1) is 11.8 Å². The number of likely N-dealkylation sites (tertiary alicyclic amines) is 1. The van der Waals surface area contributed by atoms with Crippen molar-refractivity contribution in [3.8, 4) is 0 Å². The highest BCUT2D eigenvalue weighted by molar-refractivity contribution is 6.07. The highest BCUT2D eigenvalue weighted by Crippen LogP contribution is 2.56. The Morgan fingerprint density at radius 2 is 1.67 bits per heavy atom. The molecule has 1 aliphatic heterocycles. The van der Waals surface area contributed by atoms with E-state index in [0.717, 1.165) is 29.7 Å². The maximum absolute atomic E-state index is 12.5. The van der Waals surface area contributed by atoms with Gasteiger partial charge in [0, 0.05) is 5.69 Å². The Morgan fingerprint density at radius 1 is 1.07 bits per heavy atom. The number of hydrogen-bond donors (Lipinski definition) is 1. The number of anilines is 1. The number of carbonyl (C=O) groups excluding carboxylic acids is 4. The monoisotopic (exact) mass is 370 g/mol. The number of amides is 3. The molecule has 142 valence electrons. The summed E-state index contributed by atoms with van der Waals surface area (Å²) in [5, 5.41) is 2.62. The second kappa shape index (κ2) is 6.79. The molecule has 3 aliphatic rings. The molecule has 2 aliphatic carbocycles. The molecular formula is C20H22N2O5. The summed E-state index contributed by atoms with van der Waals surface area (Å²) in [6.07, 6.45) is 2.93. The van der Waals surface area contributed by atoms with Crippen LogP contribution in [0.5, 0.6) is 0 Å². The Labute approximate surface area is 157 Å². The van der Waals surface area contributed by atoms with Gasteiger partial charge in [-0.1, -0.05) is 17.7 Å². The molecule has 1 aromatic rings. The van der Waals surface area contributed by atoms with E-state index in [9.17, 15) is 19.2 Å². The largest absolute Gasteiger partial charge is 0.454 e. The first kappa shape index (κ1) is 17.7. The molecule has 1 heterocycles. The molecule has 1 N–H and O–H groups in total. The standard InChI is InChI=1S/C20H22N2O5/c1-11-2-6-14(7-3-11)21-15(23)10-27-16(24)9-22-19(25)17-12-4-5-13(8-12)18(17)20(22)26/h2-3,6-7,12-13,17-18H,4-5,8-10H2,1H3,(H,21,23)/t12-,13-,17+,18+/m0/s1. The Hall–Kier alpha value is -2.70. The van der Waals surface area contributed by atoms with Gasteiger partial charge in [-0.05, 0) is 50.2 Å². The molecule has 3 fully saturated rings. The van der Waals surface area contributed by atoms with Crippen LogP contribution in [0.3, 0.4) is 0 Å². The number of ether oxygens (including phenoxy) is 1. The number of aryl methyl sites for hydroxylation is 1. The van der Waals surface area contributed by atoms with E-state index in [1.807, 2.05) is 19.1 Å². The fourth-order valence-corrected chi connectivity index (χ4v) is 4.78. The van der Waals surface area contributed by atoms with E-state index in [4.69, 9.17) is 4.74 Å². The van der Waals surface area contributed by atoms with Gasteiger partial charge in [0.2, 0.25) is 11.8 Å². The smallest absolute Gasteiger partial charge is 0.326 e. The van der Waals surface area contributed by atoms with Crippen LogP contribution in [-0.2, 0) is 23.9 Å². The third-order valence-corrected chi connectivity index (χ3v) is 6.01.